The van der Waals surface area contributed by atoms with Gasteiger partial charge in [-0.2, -0.15) is 0 Å². The third-order valence-corrected chi connectivity index (χ3v) is 4.44. The minimum Gasteiger partial charge on any atom is -0.342 e. The molecule has 1 amide bonds. The Morgan fingerprint density at radius 1 is 1.23 bits per heavy atom. The van der Waals surface area contributed by atoms with Crippen molar-refractivity contribution in [3.63, 3.8) is 0 Å². The Bertz CT molecular complexity index is 1080. The van der Waals surface area contributed by atoms with Crippen LogP contribution >= 0.6 is 0 Å². The number of carbonyl (C=O) groups excluding carboxylic acids is 1. The zero-order valence-corrected chi connectivity index (χ0v) is 14.9. The van der Waals surface area contributed by atoms with E-state index in [1.165, 1.54) is 0 Å². The zero-order chi connectivity index (χ0) is 18.3. The first-order valence-electron chi connectivity index (χ1n) is 8.45. The first-order valence-corrected chi connectivity index (χ1v) is 8.45. The van der Waals surface area contributed by atoms with E-state index in [0.717, 1.165) is 22.6 Å². The fraction of sp³-hybridized carbons (Fsp3) is 0.263. The molecule has 3 aromatic heterocycles. The van der Waals surface area contributed by atoms with Gasteiger partial charge >= 0.3 is 0 Å². The molecule has 0 saturated heterocycles. The molecule has 7 nitrogen and oxygen atoms in total. The molecule has 0 aliphatic carbocycles. The topological polar surface area (TPSA) is 87.9 Å². The number of nitrogens with zero attached hydrogens (tertiary/aromatic N) is 4. The predicted octanol–water partition coefficient (Wildman–Crippen LogP) is 3.03. The molecule has 132 valence electrons. The van der Waals surface area contributed by atoms with Crippen LogP contribution in [0.2, 0.25) is 0 Å². The van der Waals surface area contributed by atoms with E-state index in [2.05, 4.69) is 20.1 Å². The lowest BCUT2D eigenvalue weighted by molar-refractivity contribution is 0.0798. The summed E-state index contributed by atoms with van der Waals surface area (Å²) in [5.41, 5.74) is 4.30. The fourth-order valence-electron chi connectivity index (χ4n) is 3.09. The molecule has 26 heavy (non-hydrogen) atoms. The largest absolute Gasteiger partial charge is 0.342 e. The number of carbonyl (C=O) groups is 1. The maximum Gasteiger partial charge on any atom is 0.258 e. The van der Waals surface area contributed by atoms with E-state index >= 15 is 0 Å². The first-order chi connectivity index (χ1) is 12.5. The van der Waals surface area contributed by atoms with Gasteiger partial charge in [0, 0.05) is 25.7 Å². The molecule has 0 radical (unpaired) electrons. The van der Waals surface area contributed by atoms with Crippen molar-refractivity contribution in [1.82, 2.24) is 25.0 Å². The molecule has 0 fully saturated rings. The van der Waals surface area contributed by atoms with Crippen LogP contribution in [0.3, 0.4) is 0 Å². The third kappa shape index (κ3) is 2.81. The lowest BCUT2D eigenvalue weighted by atomic mass is 10.1. The zero-order valence-electron chi connectivity index (χ0n) is 14.9. The van der Waals surface area contributed by atoms with Crippen LogP contribution in [-0.2, 0) is 6.42 Å². The Morgan fingerprint density at radius 3 is 2.85 bits per heavy atom. The summed E-state index contributed by atoms with van der Waals surface area (Å²) in [4.78, 5) is 26.8. The number of rotatable bonds is 4. The van der Waals surface area contributed by atoms with Crippen LogP contribution in [0.15, 0.2) is 34.9 Å². The average Bonchev–Trinajstić information content (AvgIpc) is 3.21. The van der Waals surface area contributed by atoms with E-state index in [-0.39, 0.29) is 5.91 Å². The normalized spacial score (nSPS) is 11.3. The van der Waals surface area contributed by atoms with E-state index in [1.807, 2.05) is 38.1 Å². The summed E-state index contributed by atoms with van der Waals surface area (Å²) in [5, 5.41) is 4.61. The number of nitrogens with one attached hydrogen (secondary N) is 1. The number of benzene rings is 1. The summed E-state index contributed by atoms with van der Waals surface area (Å²) in [6.07, 6.45) is 0.646. The van der Waals surface area contributed by atoms with Crippen molar-refractivity contribution < 1.29 is 9.32 Å². The molecule has 1 N–H and O–H groups in total. The van der Waals surface area contributed by atoms with E-state index in [0.29, 0.717) is 35.3 Å². The second kappa shape index (κ2) is 6.25. The van der Waals surface area contributed by atoms with Crippen molar-refractivity contribution in [3.8, 4) is 0 Å². The Hall–Kier alpha value is -3.22. The van der Waals surface area contributed by atoms with E-state index in [4.69, 9.17) is 4.52 Å². The lowest BCUT2D eigenvalue weighted by Gasteiger charge is -2.17. The number of amides is 1. The van der Waals surface area contributed by atoms with Crippen LogP contribution in [0, 0.1) is 13.8 Å². The minimum atomic E-state index is -0.0806. The molecule has 1 aromatic carbocycles. The molecule has 4 rings (SSSR count). The smallest absolute Gasteiger partial charge is 0.258 e. The van der Waals surface area contributed by atoms with Crippen molar-refractivity contribution in [2.24, 2.45) is 0 Å². The number of aryl methyl sites for hydroxylation is 2. The van der Waals surface area contributed by atoms with Gasteiger partial charge in [0.15, 0.2) is 0 Å². The quantitative estimate of drug-likeness (QED) is 0.612. The minimum absolute atomic E-state index is 0.0806. The van der Waals surface area contributed by atoms with Gasteiger partial charge in [0.1, 0.15) is 5.82 Å². The van der Waals surface area contributed by atoms with Crippen LogP contribution in [0.25, 0.3) is 22.1 Å². The molecule has 0 aliphatic heterocycles. The highest BCUT2D eigenvalue weighted by molar-refractivity contribution is 6.05. The second-order valence-electron chi connectivity index (χ2n) is 6.44. The number of fused-ring (bicyclic) bond motifs is 2. The Morgan fingerprint density at radius 2 is 2.04 bits per heavy atom. The highest BCUT2D eigenvalue weighted by Gasteiger charge is 2.20. The first kappa shape index (κ1) is 16.3. The molecule has 0 saturated carbocycles. The summed E-state index contributed by atoms with van der Waals surface area (Å²) in [6.45, 7) is 4.20. The van der Waals surface area contributed by atoms with Crippen molar-refractivity contribution in [3.05, 3.63) is 53.1 Å². The van der Waals surface area contributed by atoms with E-state index in [9.17, 15) is 4.79 Å². The van der Waals surface area contributed by atoms with E-state index in [1.54, 1.807) is 18.0 Å². The highest BCUT2D eigenvalue weighted by atomic mass is 16.5. The van der Waals surface area contributed by atoms with Gasteiger partial charge in [-0.25, -0.2) is 9.97 Å². The standard InChI is InChI=1S/C19H19N5O2/c1-11-10-13(17-12(2)23-26-18(17)20-11)19(25)24(3)9-8-16-21-14-6-4-5-7-15(14)22-16/h4-7,10H,8-9H2,1-3H3,(H,21,22). The van der Waals surface area contributed by atoms with Gasteiger partial charge in [-0.3, -0.25) is 4.79 Å². The lowest BCUT2D eigenvalue weighted by Crippen LogP contribution is -2.29. The number of hydrogen-bond donors (Lipinski definition) is 1. The number of hydrogen-bond acceptors (Lipinski definition) is 5. The molecule has 7 heteroatoms. The molecule has 0 bridgehead atoms. The van der Waals surface area contributed by atoms with Gasteiger partial charge in [-0.1, -0.05) is 17.3 Å². The molecule has 0 spiro atoms. The molecule has 4 aromatic rings. The number of H-pyrrole nitrogens is 1. The maximum atomic E-state index is 13.0. The van der Waals surface area contributed by atoms with Gasteiger partial charge < -0.3 is 14.4 Å². The monoisotopic (exact) mass is 349 g/mol. The summed E-state index contributed by atoms with van der Waals surface area (Å²) < 4.78 is 5.22. The second-order valence-corrected chi connectivity index (χ2v) is 6.44. The van der Waals surface area contributed by atoms with Crippen LogP contribution in [-0.4, -0.2) is 44.5 Å². The van der Waals surface area contributed by atoms with Gasteiger partial charge in [0.2, 0.25) is 0 Å². The van der Waals surface area contributed by atoms with Crippen LogP contribution in [0.5, 0.6) is 0 Å². The Balaban J connectivity index is 1.55. The molecule has 0 unspecified atom stereocenters. The van der Waals surface area contributed by atoms with Gasteiger partial charge in [-0.15, -0.1) is 0 Å². The Labute approximate surface area is 150 Å². The summed E-state index contributed by atoms with van der Waals surface area (Å²) in [7, 11) is 1.79. The van der Waals surface area contributed by atoms with Gasteiger partial charge in [0.05, 0.1) is 27.7 Å². The molecule has 0 aliphatic rings. The molecular formula is C19H19N5O2. The summed E-state index contributed by atoms with van der Waals surface area (Å²) >= 11 is 0. The molecule has 0 atom stereocenters. The number of aromatic amines is 1. The SMILES string of the molecule is Cc1cc(C(=O)N(C)CCc2nc3ccccc3[nH]2)c2c(C)noc2n1. The summed E-state index contributed by atoms with van der Waals surface area (Å²) in [6, 6.07) is 9.67. The number of imidazole rings is 1. The predicted molar refractivity (Wildman–Crippen MR) is 98.0 cm³/mol. The number of para-hydroxylation sites is 2. The highest BCUT2D eigenvalue weighted by Crippen LogP contribution is 2.23. The van der Waals surface area contributed by atoms with E-state index < -0.39 is 0 Å². The third-order valence-electron chi connectivity index (χ3n) is 4.44. The fourth-order valence-corrected chi connectivity index (χ4v) is 3.09. The number of aromatic nitrogens is 4. The number of likely N-dealkylation sites (N-methyl/N-ethyl adjacent to an activating group) is 1. The van der Waals surface area contributed by atoms with Gasteiger partial charge in [-0.05, 0) is 32.0 Å². The van der Waals surface area contributed by atoms with Crippen molar-refractivity contribution >= 4 is 28.0 Å². The summed E-state index contributed by atoms with van der Waals surface area (Å²) in [5.74, 6) is 0.783. The van der Waals surface area contributed by atoms with Crippen LogP contribution < -0.4 is 0 Å². The maximum absolute atomic E-state index is 13.0. The molecule has 3 heterocycles. The van der Waals surface area contributed by atoms with Crippen LogP contribution in [0.1, 0.15) is 27.6 Å². The van der Waals surface area contributed by atoms with Gasteiger partial charge in [0.25, 0.3) is 11.6 Å². The van der Waals surface area contributed by atoms with Crippen molar-refractivity contribution in [2.75, 3.05) is 13.6 Å². The Kier molecular flexibility index (Phi) is 3.91. The van der Waals surface area contributed by atoms with Crippen molar-refractivity contribution in [1.29, 1.82) is 0 Å². The van der Waals surface area contributed by atoms with Crippen LogP contribution in [0.4, 0.5) is 0 Å². The van der Waals surface area contributed by atoms with Crippen molar-refractivity contribution in [2.45, 2.75) is 20.3 Å². The number of pyridine rings is 1. The molecular weight excluding hydrogens is 330 g/mol. The average molecular weight is 349 g/mol.